The Kier molecular flexibility index (Phi) is 5.49. The number of benzene rings is 2. The predicted octanol–water partition coefficient (Wildman–Crippen LogP) is 2.82. The van der Waals surface area contributed by atoms with Crippen molar-refractivity contribution >= 4 is 11.4 Å². The molecule has 0 spiro atoms. The summed E-state index contributed by atoms with van der Waals surface area (Å²) in [5, 5.41) is 21.5. The Labute approximate surface area is 166 Å². The van der Waals surface area contributed by atoms with Crippen LogP contribution in [0.1, 0.15) is 23.3 Å². The molecule has 2 fully saturated rings. The Morgan fingerprint density at radius 1 is 0.759 bits per heavy atom. The molecule has 2 atom stereocenters. The molecule has 152 valence electrons. The van der Waals surface area contributed by atoms with Crippen molar-refractivity contribution < 1.29 is 19.3 Å². The number of nitrogens with zero attached hydrogens (tertiary/aromatic N) is 4. The number of ether oxygens (including phenoxy) is 2. The highest BCUT2D eigenvalue weighted by Gasteiger charge is 2.30. The standard InChI is InChI=1S/C19H20N4O6/c24-22(25)16-5-1-14(2-6-16)18-9-20(12-28-18)11-21-10-19(29-13-21)15-3-7-17(8-4-15)23(26)27/h1-8,18-19H,9-13H2. The van der Waals surface area contributed by atoms with Crippen LogP contribution in [0.15, 0.2) is 48.5 Å². The lowest BCUT2D eigenvalue weighted by Gasteiger charge is -2.21. The average molecular weight is 400 g/mol. The van der Waals surface area contributed by atoms with Gasteiger partial charge in [0.15, 0.2) is 0 Å². The quantitative estimate of drug-likeness (QED) is 0.538. The summed E-state index contributed by atoms with van der Waals surface area (Å²) in [5.74, 6) is 0. The van der Waals surface area contributed by atoms with E-state index in [1.54, 1.807) is 24.3 Å². The van der Waals surface area contributed by atoms with Gasteiger partial charge in [-0.1, -0.05) is 0 Å². The van der Waals surface area contributed by atoms with Crippen molar-refractivity contribution in [3.8, 4) is 0 Å². The second-order valence-corrected chi connectivity index (χ2v) is 7.11. The fraction of sp³-hybridized carbons (Fsp3) is 0.368. The van der Waals surface area contributed by atoms with E-state index in [1.807, 2.05) is 0 Å². The summed E-state index contributed by atoms with van der Waals surface area (Å²) in [6.07, 6.45) is -0.241. The minimum absolute atomic E-state index is 0.0649. The molecule has 2 aliphatic heterocycles. The molecular formula is C19H20N4O6. The van der Waals surface area contributed by atoms with E-state index in [0.29, 0.717) is 33.2 Å². The van der Waals surface area contributed by atoms with Crippen LogP contribution in [0.25, 0.3) is 0 Å². The topological polar surface area (TPSA) is 111 Å². The SMILES string of the molecule is O=[N+]([O-])c1ccc(C2CN(CN3COC(c4ccc([N+](=O)[O-])cc4)C3)CO2)cc1. The van der Waals surface area contributed by atoms with Gasteiger partial charge in [0, 0.05) is 37.4 Å². The van der Waals surface area contributed by atoms with Crippen molar-refractivity contribution in [1.29, 1.82) is 0 Å². The van der Waals surface area contributed by atoms with Crippen molar-refractivity contribution in [2.75, 3.05) is 33.2 Å². The fourth-order valence-corrected chi connectivity index (χ4v) is 3.58. The van der Waals surface area contributed by atoms with Crippen LogP contribution >= 0.6 is 0 Å². The largest absolute Gasteiger partial charge is 0.357 e. The van der Waals surface area contributed by atoms with Crippen LogP contribution in [0.2, 0.25) is 0 Å². The van der Waals surface area contributed by atoms with E-state index in [1.165, 1.54) is 24.3 Å². The molecule has 2 heterocycles. The van der Waals surface area contributed by atoms with Crippen LogP contribution in [0.4, 0.5) is 11.4 Å². The number of rotatable bonds is 6. The summed E-state index contributed by atoms with van der Waals surface area (Å²) >= 11 is 0. The zero-order valence-electron chi connectivity index (χ0n) is 15.5. The van der Waals surface area contributed by atoms with Gasteiger partial charge in [-0.3, -0.25) is 30.0 Å². The zero-order chi connectivity index (χ0) is 20.4. The molecule has 0 aromatic heterocycles. The number of hydrogen-bond donors (Lipinski definition) is 0. The number of nitro groups is 2. The van der Waals surface area contributed by atoms with Crippen LogP contribution in [-0.2, 0) is 9.47 Å². The molecular weight excluding hydrogens is 380 g/mol. The second kappa shape index (κ2) is 8.21. The Morgan fingerprint density at radius 2 is 1.14 bits per heavy atom. The lowest BCUT2D eigenvalue weighted by Crippen LogP contribution is -2.35. The van der Waals surface area contributed by atoms with Gasteiger partial charge in [-0.25, -0.2) is 0 Å². The molecule has 0 N–H and O–H groups in total. The smallest absolute Gasteiger partial charge is 0.269 e. The third kappa shape index (κ3) is 4.40. The first-order valence-corrected chi connectivity index (χ1v) is 9.16. The summed E-state index contributed by atoms with van der Waals surface area (Å²) in [6, 6.07) is 12.9. The third-order valence-electron chi connectivity index (χ3n) is 5.12. The lowest BCUT2D eigenvalue weighted by molar-refractivity contribution is -0.385. The Morgan fingerprint density at radius 3 is 1.48 bits per heavy atom. The van der Waals surface area contributed by atoms with E-state index in [4.69, 9.17) is 9.47 Å². The summed E-state index contributed by atoms with van der Waals surface area (Å²) in [5.41, 5.74) is 1.96. The van der Waals surface area contributed by atoms with Crippen molar-refractivity contribution in [2.24, 2.45) is 0 Å². The van der Waals surface area contributed by atoms with Gasteiger partial charge in [-0.2, -0.15) is 0 Å². The van der Waals surface area contributed by atoms with Crippen LogP contribution < -0.4 is 0 Å². The third-order valence-corrected chi connectivity index (χ3v) is 5.12. The molecule has 0 radical (unpaired) electrons. The van der Waals surface area contributed by atoms with Gasteiger partial charge >= 0.3 is 0 Å². The van der Waals surface area contributed by atoms with Gasteiger partial charge in [-0.15, -0.1) is 0 Å². The number of hydrogen-bond acceptors (Lipinski definition) is 8. The van der Waals surface area contributed by atoms with E-state index in [2.05, 4.69) is 9.80 Å². The molecule has 2 unspecified atom stereocenters. The van der Waals surface area contributed by atoms with Crippen LogP contribution in [0.5, 0.6) is 0 Å². The van der Waals surface area contributed by atoms with E-state index in [9.17, 15) is 20.2 Å². The molecule has 0 bridgehead atoms. The minimum atomic E-state index is -0.416. The summed E-state index contributed by atoms with van der Waals surface area (Å²) in [6.45, 7) is 3.00. The van der Waals surface area contributed by atoms with E-state index >= 15 is 0 Å². The molecule has 2 saturated heterocycles. The second-order valence-electron chi connectivity index (χ2n) is 7.11. The van der Waals surface area contributed by atoms with Gasteiger partial charge in [0.2, 0.25) is 0 Å². The van der Waals surface area contributed by atoms with Crippen molar-refractivity contribution in [3.63, 3.8) is 0 Å². The van der Waals surface area contributed by atoms with Gasteiger partial charge in [0.25, 0.3) is 11.4 Å². The summed E-state index contributed by atoms with van der Waals surface area (Å²) < 4.78 is 11.7. The Hall–Kier alpha value is -2.92. The first-order chi connectivity index (χ1) is 14.0. The Balaban J connectivity index is 1.29. The highest BCUT2D eigenvalue weighted by molar-refractivity contribution is 5.35. The molecule has 0 aliphatic carbocycles. The van der Waals surface area contributed by atoms with E-state index < -0.39 is 9.85 Å². The van der Waals surface area contributed by atoms with Crippen molar-refractivity contribution in [2.45, 2.75) is 12.2 Å². The lowest BCUT2D eigenvalue weighted by atomic mass is 10.1. The van der Waals surface area contributed by atoms with Crippen LogP contribution in [-0.4, -0.2) is 52.9 Å². The molecule has 2 aromatic carbocycles. The van der Waals surface area contributed by atoms with Crippen molar-refractivity contribution in [3.05, 3.63) is 79.9 Å². The molecule has 2 aliphatic rings. The van der Waals surface area contributed by atoms with Crippen molar-refractivity contribution in [1.82, 2.24) is 9.80 Å². The first kappa shape index (κ1) is 19.4. The van der Waals surface area contributed by atoms with Crippen LogP contribution in [0, 0.1) is 20.2 Å². The van der Waals surface area contributed by atoms with Gasteiger partial charge in [0.05, 0.1) is 28.7 Å². The summed E-state index contributed by atoms with van der Waals surface area (Å²) in [7, 11) is 0. The van der Waals surface area contributed by atoms with Crippen LogP contribution in [0.3, 0.4) is 0 Å². The average Bonchev–Trinajstić information content (AvgIpc) is 3.38. The summed E-state index contributed by atoms with van der Waals surface area (Å²) in [4.78, 5) is 25.0. The highest BCUT2D eigenvalue weighted by Crippen LogP contribution is 2.29. The van der Waals surface area contributed by atoms with E-state index in [-0.39, 0.29) is 23.6 Å². The van der Waals surface area contributed by atoms with Gasteiger partial charge < -0.3 is 9.47 Å². The minimum Gasteiger partial charge on any atom is -0.357 e. The normalized spacial score (nSPS) is 22.8. The molecule has 10 heteroatoms. The maximum atomic E-state index is 10.8. The number of non-ortho nitro benzene ring substituents is 2. The molecule has 0 amide bonds. The van der Waals surface area contributed by atoms with Gasteiger partial charge in [0.1, 0.15) is 13.5 Å². The van der Waals surface area contributed by atoms with Gasteiger partial charge in [-0.05, 0) is 35.4 Å². The molecule has 10 nitrogen and oxygen atoms in total. The maximum absolute atomic E-state index is 10.8. The van der Waals surface area contributed by atoms with E-state index in [0.717, 1.165) is 11.1 Å². The molecule has 4 rings (SSSR count). The maximum Gasteiger partial charge on any atom is 0.269 e. The number of nitro benzene ring substituents is 2. The first-order valence-electron chi connectivity index (χ1n) is 9.16. The molecule has 29 heavy (non-hydrogen) atoms. The molecule has 0 saturated carbocycles. The predicted molar refractivity (Wildman–Crippen MR) is 102 cm³/mol. The highest BCUT2D eigenvalue weighted by atomic mass is 16.6. The molecule has 2 aromatic rings. The monoisotopic (exact) mass is 400 g/mol. The zero-order valence-corrected chi connectivity index (χ0v) is 15.5. The fourth-order valence-electron chi connectivity index (χ4n) is 3.58. The Bertz CT molecular complexity index is 815.